The number of carbonyl (C=O) groups excluding carboxylic acids is 1. The molecule has 1 heterocycles. The Morgan fingerprint density at radius 1 is 1.12 bits per heavy atom. The summed E-state index contributed by atoms with van der Waals surface area (Å²) in [7, 11) is 0. The van der Waals surface area contributed by atoms with Crippen molar-refractivity contribution >= 4 is 35.6 Å². The van der Waals surface area contributed by atoms with Crippen LogP contribution in [0.25, 0.3) is 0 Å². The van der Waals surface area contributed by atoms with E-state index < -0.39 is 0 Å². The third kappa shape index (κ3) is 5.18. The summed E-state index contributed by atoms with van der Waals surface area (Å²) < 4.78 is 11.0. The molecule has 0 unspecified atom stereocenters. The molecule has 0 aliphatic carbocycles. The number of nitrogens with two attached hydrogens (primary N) is 1. The Morgan fingerprint density at radius 3 is 2.60 bits per heavy atom. The Kier molecular flexibility index (Phi) is 6.79. The Hall–Kier alpha value is -2.11. The highest BCUT2D eigenvalue weighted by Gasteiger charge is 2.17. The Labute approximate surface area is 157 Å². The minimum absolute atomic E-state index is 0. The smallest absolute Gasteiger partial charge is 0.224 e. The number of rotatable bonds is 5. The van der Waals surface area contributed by atoms with Gasteiger partial charge in [-0.2, -0.15) is 0 Å². The molecule has 3 N–H and O–H groups in total. The van der Waals surface area contributed by atoms with Gasteiger partial charge in [0.15, 0.2) is 11.5 Å². The average Bonchev–Trinajstić information content (AvgIpc) is 2.57. The number of fused-ring (bicyclic) bond motifs is 1. The summed E-state index contributed by atoms with van der Waals surface area (Å²) in [5.74, 6) is 1.09. The molecule has 0 bridgehead atoms. The predicted octanol–water partition coefficient (Wildman–Crippen LogP) is 3.02. The molecule has 1 aliphatic rings. The lowest BCUT2D eigenvalue weighted by Crippen LogP contribution is -2.27. The van der Waals surface area contributed by atoms with Crippen LogP contribution in [0, 0.1) is 0 Å². The van der Waals surface area contributed by atoms with Crippen LogP contribution in [-0.2, 0) is 17.6 Å². The van der Waals surface area contributed by atoms with E-state index in [0.29, 0.717) is 36.3 Å². The van der Waals surface area contributed by atoms with Gasteiger partial charge in [-0.15, -0.1) is 12.4 Å². The molecule has 7 heteroatoms. The van der Waals surface area contributed by atoms with E-state index in [9.17, 15) is 4.79 Å². The van der Waals surface area contributed by atoms with Crippen molar-refractivity contribution in [3.05, 3.63) is 52.5 Å². The SMILES string of the molecule is Cl.Nc1ccc(CCNC(=O)Cc2cc(Cl)c3c(c2)OCCO3)cc1. The van der Waals surface area contributed by atoms with E-state index in [1.165, 1.54) is 0 Å². The normalized spacial score (nSPS) is 12.2. The van der Waals surface area contributed by atoms with Crippen LogP contribution >= 0.6 is 24.0 Å². The molecule has 5 nitrogen and oxygen atoms in total. The van der Waals surface area contributed by atoms with Gasteiger partial charge in [0.1, 0.15) is 13.2 Å². The van der Waals surface area contributed by atoms with Crippen molar-refractivity contribution in [3.63, 3.8) is 0 Å². The molecule has 0 radical (unpaired) electrons. The average molecular weight is 383 g/mol. The van der Waals surface area contributed by atoms with Crippen molar-refractivity contribution < 1.29 is 14.3 Å². The van der Waals surface area contributed by atoms with E-state index in [0.717, 1.165) is 23.2 Å². The van der Waals surface area contributed by atoms with Crippen LogP contribution in [0.15, 0.2) is 36.4 Å². The molecule has 134 valence electrons. The molecular formula is C18H20Cl2N2O3. The first-order valence-corrected chi connectivity index (χ1v) is 8.19. The number of halogens is 2. The second-order valence-corrected chi connectivity index (χ2v) is 6.03. The van der Waals surface area contributed by atoms with Crippen LogP contribution in [0.3, 0.4) is 0 Å². The van der Waals surface area contributed by atoms with Crippen LogP contribution in [0.5, 0.6) is 11.5 Å². The van der Waals surface area contributed by atoms with Crippen molar-refractivity contribution in [2.45, 2.75) is 12.8 Å². The van der Waals surface area contributed by atoms with Crippen LogP contribution < -0.4 is 20.5 Å². The number of nitrogens with one attached hydrogen (secondary N) is 1. The van der Waals surface area contributed by atoms with Crippen molar-refractivity contribution in [1.82, 2.24) is 5.32 Å². The summed E-state index contributed by atoms with van der Waals surface area (Å²) in [4.78, 5) is 12.1. The van der Waals surface area contributed by atoms with Gasteiger partial charge in [0.05, 0.1) is 11.4 Å². The zero-order valence-electron chi connectivity index (χ0n) is 13.6. The van der Waals surface area contributed by atoms with Gasteiger partial charge < -0.3 is 20.5 Å². The Morgan fingerprint density at radius 2 is 1.84 bits per heavy atom. The number of hydrogen-bond acceptors (Lipinski definition) is 4. The fraction of sp³-hybridized carbons (Fsp3) is 0.278. The first-order valence-electron chi connectivity index (χ1n) is 7.81. The van der Waals surface area contributed by atoms with Crippen LogP contribution in [0.4, 0.5) is 5.69 Å². The summed E-state index contributed by atoms with van der Waals surface area (Å²) in [6.07, 6.45) is 1.01. The molecule has 0 aromatic heterocycles. The first-order chi connectivity index (χ1) is 11.6. The first kappa shape index (κ1) is 19.2. The third-order valence-corrected chi connectivity index (χ3v) is 4.02. The molecule has 25 heavy (non-hydrogen) atoms. The molecular weight excluding hydrogens is 363 g/mol. The van der Waals surface area contributed by atoms with Crippen molar-refractivity contribution in [3.8, 4) is 11.5 Å². The number of ether oxygens (including phenoxy) is 2. The molecule has 0 spiro atoms. The molecule has 0 fully saturated rings. The molecule has 1 amide bonds. The zero-order chi connectivity index (χ0) is 16.9. The number of nitrogen functional groups attached to an aromatic ring is 1. The molecule has 0 saturated heterocycles. The van der Waals surface area contributed by atoms with E-state index >= 15 is 0 Å². The second-order valence-electron chi connectivity index (χ2n) is 5.62. The number of benzene rings is 2. The lowest BCUT2D eigenvalue weighted by molar-refractivity contribution is -0.120. The standard InChI is InChI=1S/C18H19ClN2O3.ClH/c19-15-9-13(10-16-18(15)24-8-7-23-16)11-17(22)21-6-5-12-1-3-14(20)4-2-12;/h1-4,9-10H,5-8,11,20H2,(H,21,22);1H. The highest BCUT2D eigenvalue weighted by molar-refractivity contribution is 6.32. The van der Waals surface area contributed by atoms with Gasteiger partial charge in [0.25, 0.3) is 0 Å². The maximum Gasteiger partial charge on any atom is 0.224 e. The molecule has 2 aromatic rings. The number of hydrogen-bond donors (Lipinski definition) is 2. The van der Waals surface area contributed by atoms with Gasteiger partial charge in [0.2, 0.25) is 5.91 Å². The lowest BCUT2D eigenvalue weighted by Gasteiger charge is -2.20. The molecule has 2 aromatic carbocycles. The fourth-order valence-corrected chi connectivity index (χ4v) is 2.83. The van der Waals surface area contributed by atoms with Gasteiger partial charge in [-0.25, -0.2) is 0 Å². The quantitative estimate of drug-likeness (QED) is 0.779. The Bertz CT molecular complexity index is 736. The van der Waals surface area contributed by atoms with E-state index in [1.807, 2.05) is 24.3 Å². The maximum absolute atomic E-state index is 12.1. The largest absolute Gasteiger partial charge is 0.486 e. The van der Waals surface area contributed by atoms with Gasteiger partial charge in [-0.05, 0) is 41.8 Å². The maximum atomic E-state index is 12.1. The van der Waals surface area contributed by atoms with Gasteiger partial charge >= 0.3 is 0 Å². The molecule has 0 saturated carbocycles. The second kappa shape index (κ2) is 8.83. The van der Waals surface area contributed by atoms with Crippen molar-refractivity contribution in [2.75, 3.05) is 25.5 Å². The molecule has 0 atom stereocenters. The fourth-order valence-electron chi connectivity index (χ4n) is 2.54. The minimum Gasteiger partial charge on any atom is -0.486 e. The van der Waals surface area contributed by atoms with E-state index in [4.69, 9.17) is 26.8 Å². The lowest BCUT2D eigenvalue weighted by atomic mass is 10.1. The molecule has 3 rings (SSSR count). The van der Waals surface area contributed by atoms with Crippen LogP contribution in [0.2, 0.25) is 5.02 Å². The minimum atomic E-state index is -0.0572. The van der Waals surface area contributed by atoms with E-state index in [-0.39, 0.29) is 24.7 Å². The van der Waals surface area contributed by atoms with Crippen molar-refractivity contribution in [1.29, 1.82) is 0 Å². The summed E-state index contributed by atoms with van der Waals surface area (Å²) >= 11 is 6.18. The zero-order valence-corrected chi connectivity index (χ0v) is 15.2. The summed E-state index contributed by atoms with van der Waals surface area (Å²) in [6, 6.07) is 11.2. The van der Waals surface area contributed by atoms with Gasteiger partial charge in [-0.1, -0.05) is 23.7 Å². The number of anilines is 1. The van der Waals surface area contributed by atoms with E-state index in [2.05, 4.69) is 5.32 Å². The van der Waals surface area contributed by atoms with Gasteiger partial charge in [-0.3, -0.25) is 4.79 Å². The van der Waals surface area contributed by atoms with E-state index in [1.54, 1.807) is 12.1 Å². The number of amides is 1. The topological polar surface area (TPSA) is 73.6 Å². The van der Waals surface area contributed by atoms with Crippen LogP contribution in [-0.4, -0.2) is 25.7 Å². The van der Waals surface area contributed by atoms with Gasteiger partial charge in [0, 0.05) is 12.2 Å². The highest BCUT2D eigenvalue weighted by Crippen LogP contribution is 2.38. The summed E-state index contributed by atoms with van der Waals surface area (Å²) in [5.41, 5.74) is 8.32. The molecule has 1 aliphatic heterocycles. The van der Waals surface area contributed by atoms with Crippen molar-refractivity contribution in [2.24, 2.45) is 0 Å². The predicted molar refractivity (Wildman–Crippen MR) is 101 cm³/mol. The third-order valence-electron chi connectivity index (χ3n) is 3.74. The van der Waals surface area contributed by atoms with Crippen LogP contribution in [0.1, 0.15) is 11.1 Å². The summed E-state index contributed by atoms with van der Waals surface area (Å²) in [5, 5.41) is 3.38. The Balaban J connectivity index is 0.00000225. The summed E-state index contributed by atoms with van der Waals surface area (Å²) in [6.45, 7) is 1.54. The monoisotopic (exact) mass is 382 g/mol. The highest BCUT2D eigenvalue weighted by atomic mass is 35.5. The number of carbonyl (C=O) groups is 1.